The lowest BCUT2D eigenvalue weighted by atomic mass is 9.90. The van der Waals surface area contributed by atoms with Crippen LogP contribution in [0.25, 0.3) is 10.9 Å². The number of amides is 1. The second kappa shape index (κ2) is 8.32. The van der Waals surface area contributed by atoms with Crippen LogP contribution in [-0.4, -0.2) is 17.4 Å². The summed E-state index contributed by atoms with van der Waals surface area (Å²) in [5.41, 5.74) is 4.18. The summed E-state index contributed by atoms with van der Waals surface area (Å²) < 4.78 is 0. The fourth-order valence-corrected chi connectivity index (χ4v) is 3.74. The molecule has 0 spiro atoms. The summed E-state index contributed by atoms with van der Waals surface area (Å²) in [4.78, 5) is 16.3. The number of nitrogens with one attached hydrogen (secondary N) is 2. The fraction of sp³-hybridized carbons (Fsp3) is 0.125. The Kier molecular flexibility index (Phi) is 5.45. The molecule has 4 rings (SSSR count). The van der Waals surface area contributed by atoms with Crippen molar-refractivity contribution in [2.24, 2.45) is 0 Å². The molecule has 1 amide bonds. The molecular formula is C24H21ClN2O. The highest BCUT2D eigenvalue weighted by Crippen LogP contribution is 2.25. The van der Waals surface area contributed by atoms with Gasteiger partial charge in [-0.2, -0.15) is 0 Å². The number of carbonyl (C=O) groups is 1. The number of benzene rings is 3. The van der Waals surface area contributed by atoms with Gasteiger partial charge in [0.2, 0.25) is 5.91 Å². The minimum atomic E-state index is -0.320. The summed E-state index contributed by atoms with van der Waals surface area (Å²) >= 11 is 6.13. The predicted molar refractivity (Wildman–Crippen MR) is 115 cm³/mol. The molecular weight excluding hydrogens is 368 g/mol. The molecule has 0 aliphatic carbocycles. The van der Waals surface area contributed by atoms with Gasteiger partial charge in [0.15, 0.2) is 0 Å². The zero-order valence-corrected chi connectivity index (χ0v) is 16.1. The van der Waals surface area contributed by atoms with E-state index in [9.17, 15) is 4.79 Å². The van der Waals surface area contributed by atoms with Gasteiger partial charge in [-0.3, -0.25) is 4.79 Å². The van der Waals surface area contributed by atoms with E-state index in [1.54, 1.807) is 0 Å². The molecule has 2 N–H and O–H groups in total. The van der Waals surface area contributed by atoms with Crippen molar-refractivity contribution < 1.29 is 4.79 Å². The summed E-state index contributed by atoms with van der Waals surface area (Å²) in [5.74, 6) is -0.310. The van der Waals surface area contributed by atoms with E-state index >= 15 is 0 Å². The van der Waals surface area contributed by atoms with Crippen LogP contribution in [0.1, 0.15) is 22.6 Å². The quantitative estimate of drug-likeness (QED) is 0.461. The number of fused-ring (bicyclic) bond motifs is 1. The minimum absolute atomic E-state index is 0.00951. The van der Waals surface area contributed by atoms with Gasteiger partial charge in [0.1, 0.15) is 0 Å². The van der Waals surface area contributed by atoms with Crippen LogP contribution < -0.4 is 5.32 Å². The summed E-state index contributed by atoms with van der Waals surface area (Å²) in [6.07, 6.45) is 2.72. The van der Waals surface area contributed by atoms with Crippen molar-refractivity contribution in [1.29, 1.82) is 0 Å². The second-order valence-corrected chi connectivity index (χ2v) is 7.24. The Morgan fingerprint density at radius 3 is 2.21 bits per heavy atom. The third-order valence-corrected chi connectivity index (χ3v) is 5.19. The van der Waals surface area contributed by atoms with E-state index in [-0.39, 0.29) is 11.8 Å². The van der Waals surface area contributed by atoms with Crippen LogP contribution in [0.4, 0.5) is 0 Å². The van der Waals surface area contributed by atoms with Crippen molar-refractivity contribution in [3.05, 3.63) is 107 Å². The number of carbonyl (C=O) groups excluding carboxylic acids is 1. The van der Waals surface area contributed by atoms with Gasteiger partial charge >= 0.3 is 0 Å². The first-order valence-corrected chi connectivity index (χ1v) is 9.73. The first-order chi connectivity index (χ1) is 13.7. The normalized spacial score (nSPS) is 11.1. The average Bonchev–Trinajstić information content (AvgIpc) is 3.12. The van der Waals surface area contributed by atoms with E-state index in [1.807, 2.05) is 85.1 Å². The number of aromatic amines is 1. The highest BCUT2D eigenvalue weighted by atomic mass is 35.5. The first kappa shape index (κ1) is 18.3. The number of hydrogen-bond acceptors (Lipinski definition) is 1. The molecule has 0 aliphatic heterocycles. The Bertz CT molecular complexity index is 1030. The molecule has 1 aromatic heterocycles. The second-order valence-electron chi connectivity index (χ2n) is 6.80. The number of H-pyrrole nitrogens is 1. The van der Waals surface area contributed by atoms with E-state index < -0.39 is 0 Å². The summed E-state index contributed by atoms with van der Waals surface area (Å²) in [5, 5.41) is 4.93. The molecule has 4 heteroatoms. The zero-order chi connectivity index (χ0) is 19.3. The molecule has 0 unspecified atom stereocenters. The van der Waals surface area contributed by atoms with Crippen LogP contribution in [0, 0.1) is 0 Å². The minimum Gasteiger partial charge on any atom is -0.361 e. The summed E-state index contributed by atoms with van der Waals surface area (Å²) in [7, 11) is 0. The number of aromatic nitrogens is 1. The molecule has 0 fully saturated rings. The van der Waals surface area contributed by atoms with Gasteiger partial charge in [-0.05, 0) is 41.3 Å². The number of halogens is 1. The molecule has 28 heavy (non-hydrogen) atoms. The largest absolute Gasteiger partial charge is 0.361 e. The van der Waals surface area contributed by atoms with E-state index in [4.69, 9.17) is 11.6 Å². The Morgan fingerprint density at radius 1 is 0.929 bits per heavy atom. The number of hydrogen-bond donors (Lipinski definition) is 2. The standard InChI is InChI=1S/C24H21ClN2O/c25-20-11-12-22-21(15-20)19(16-27-22)13-14-26-24(28)23(17-7-3-1-4-8-17)18-9-5-2-6-10-18/h1-12,15-16,23,27H,13-14H2,(H,26,28). The first-order valence-electron chi connectivity index (χ1n) is 9.35. The molecule has 0 aliphatic rings. The predicted octanol–water partition coefficient (Wildman–Crippen LogP) is 5.31. The summed E-state index contributed by atoms with van der Waals surface area (Å²) in [6, 6.07) is 25.6. The molecule has 0 atom stereocenters. The Hall–Kier alpha value is -3.04. The van der Waals surface area contributed by atoms with Crippen LogP contribution in [0.3, 0.4) is 0 Å². The summed E-state index contributed by atoms with van der Waals surface area (Å²) in [6.45, 7) is 0.564. The van der Waals surface area contributed by atoms with E-state index in [0.29, 0.717) is 11.6 Å². The Morgan fingerprint density at radius 2 is 1.57 bits per heavy atom. The topological polar surface area (TPSA) is 44.9 Å². The van der Waals surface area contributed by atoms with Crippen molar-refractivity contribution in [3.63, 3.8) is 0 Å². The van der Waals surface area contributed by atoms with Gasteiger partial charge in [-0.1, -0.05) is 72.3 Å². The van der Waals surface area contributed by atoms with Crippen molar-refractivity contribution >= 4 is 28.4 Å². The van der Waals surface area contributed by atoms with E-state index in [1.165, 1.54) is 0 Å². The smallest absolute Gasteiger partial charge is 0.232 e. The monoisotopic (exact) mass is 388 g/mol. The maximum Gasteiger partial charge on any atom is 0.232 e. The van der Waals surface area contributed by atoms with Crippen LogP contribution in [-0.2, 0) is 11.2 Å². The maximum absolute atomic E-state index is 13.1. The Labute approximate surface area is 169 Å². The highest BCUT2D eigenvalue weighted by Gasteiger charge is 2.22. The van der Waals surface area contributed by atoms with Gasteiger partial charge in [0.25, 0.3) is 0 Å². The Balaban J connectivity index is 1.49. The third-order valence-electron chi connectivity index (χ3n) is 4.95. The van der Waals surface area contributed by atoms with E-state index in [2.05, 4.69) is 10.3 Å². The molecule has 0 saturated heterocycles. The van der Waals surface area contributed by atoms with Crippen LogP contribution in [0.5, 0.6) is 0 Å². The van der Waals surface area contributed by atoms with Crippen molar-refractivity contribution in [2.45, 2.75) is 12.3 Å². The molecule has 3 aromatic carbocycles. The third kappa shape index (κ3) is 3.95. The molecule has 0 saturated carbocycles. The highest BCUT2D eigenvalue weighted by molar-refractivity contribution is 6.31. The van der Waals surface area contributed by atoms with E-state index in [0.717, 1.165) is 34.0 Å². The maximum atomic E-state index is 13.1. The molecule has 0 radical (unpaired) electrons. The SMILES string of the molecule is O=C(NCCc1c[nH]c2ccc(Cl)cc12)C(c1ccccc1)c1ccccc1. The average molecular weight is 389 g/mol. The molecule has 140 valence electrons. The van der Waals surface area contributed by atoms with Crippen LogP contribution >= 0.6 is 11.6 Å². The zero-order valence-electron chi connectivity index (χ0n) is 15.4. The molecule has 3 nitrogen and oxygen atoms in total. The molecule has 0 bridgehead atoms. The van der Waals surface area contributed by atoms with Gasteiger partial charge in [0.05, 0.1) is 5.92 Å². The lowest BCUT2D eigenvalue weighted by Gasteiger charge is -2.18. The van der Waals surface area contributed by atoms with Crippen molar-refractivity contribution in [1.82, 2.24) is 10.3 Å². The number of rotatable bonds is 6. The van der Waals surface area contributed by atoms with Gasteiger partial charge in [-0.25, -0.2) is 0 Å². The van der Waals surface area contributed by atoms with Gasteiger partial charge in [0, 0.05) is 28.7 Å². The van der Waals surface area contributed by atoms with Gasteiger partial charge in [-0.15, -0.1) is 0 Å². The lowest BCUT2D eigenvalue weighted by Crippen LogP contribution is -2.31. The fourth-order valence-electron chi connectivity index (χ4n) is 3.57. The van der Waals surface area contributed by atoms with Crippen molar-refractivity contribution in [2.75, 3.05) is 6.54 Å². The van der Waals surface area contributed by atoms with Gasteiger partial charge < -0.3 is 10.3 Å². The molecule has 1 heterocycles. The van der Waals surface area contributed by atoms with Crippen molar-refractivity contribution in [3.8, 4) is 0 Å². The van der Waals surface area contributed by atoms with Crippen LogP contribution in [0.15, 0.2) is 85.1 Å². The lowest BCUT2D eigenvalue weighted by molar-refractivity contribution is -0.121. The molecule has 4 aromatic rings. The van der Waals surface area contributed by atoms with Crippen LogP contribution in [0.2, 0.25) is 5.02 Å².